The maximum Gasteiger partial charge on any atom is 0.230 e. The lowest BCUT2D eigenvalue weighted by atomic mass is 10.0. The van der Waals surface area contributed by atoms with Gasteiger partial charge in [-0.3, -0.25) is 0 Å². The van der Waals surface area contributed by atoms with E-state index in [1.807, 2.05) is 29.1 Å². The second kappa shape index (κ2) is 8.44. The Labute approximate surface area is 157 Å². The first-order valence-corrected chi connectivity index (χ1v) is 8.98. The van der Waals surface area contributed by atoms with Crippen LogP contribution in [-0.4, -0.2) is 19.4 Å². The van der Waals surface area contributed by atoms with Crippen LogP contribution in [0.3, 0.4) is 0 Å². The van der Waals surface area contributed by atoms with Gasteiger partial charge in [0, 0.05) is 24.8 Å². The highest BCUT2D eigenvalue weighted by molar-refractivity contribution is 14.1. The minimum absolute atomic E-state index is 0.834. The molecule has 2 aromatic rings. The molecule has 24 heavy (non-hydrogen) atoms. The molecule has 124 valence electrons. The van der Waals surface area contributed by atoms with Crippen molar-refractivity contribution in [3.63, 3.8) is 0 Å². The Morgan fingerprint density at radius 2 is 1.79 bits per heavy atom. The van der Waals surface area contributed by atoms with Gasteiger partial charge in [0.25, 0.3) is 0 Å². The average molecular weight is 433 g/mol. The molecule has 1 aliphatic carbocycles. The van der Waals surface area contributed by atoms with Crippen LogP contribution in [-0.2, 0) is 7.90 Å². The summed E-state index contributed by atoms with van der Waals surface area (Å²) in [7, 11) is 1.75. The third-order valence-corrected chi connectivity index (χ3v) is 4.37. The first-order valence-electron chi connectivity index (χ1n) is 8.10. The molecule has 0 aliphatic heterocycles. The molecule has 0 saturated carbocycles. The molecule has 1 aliphatic rings. The van der Waals surface area contributed by atoms with Gasteiger partial charge in [-0.05, 0) is 42.0 Å². The quantitative estimate of drug-likeness (QED) is 0.275. The second-order valence-electron chi connectivity index (χ2n) is 5.75. The molecular formula is C20H20INO2. The van der Waals surface area contributed by atoms with Gasteiger partial charge in [0.05, 0.1) is 0 Å². The van der Waals surface area contributed by atoms with E-state index in [9.17, 15) is 0 Å². The first-order chi connectivity index (χ1) is 11.8. The molecule has 0 heterocycles. The summed E-state index contributed by atoms with van der Waals surface area (Å²) in [6.07, 6.45) is 7.72. The van der Waals surface area contributed by atoms with Crippen LogP contribution in [0.2, 0.25) is 0 Å². The van der Waals surface area contributed by atoms with E-state index in [0.29, 0.717) is 0 Å². The summed E-state index contributed by atoms with van der Waals surface area (Å²) in [5.41, 5.74) is 6.80. The minimum atomic E-state index is 0.834. The fourth-order valence-corrected chi connectivity index (χ4v) is 3.22. The highest BCUT2D eigenvalue weighted by Crippen LogP contribution is 2.37. The minimum Gasteiger partial charge on any atom is -0.385 e. The largest absolute Gasteiger partial charge is 0.385 e. The lowest BCUT2D eigenvalue weighted by Gasteiger charge is -2.02. The van der Waals surface area contributed by atoms with Crippen LogP contribution in [0.15, 0.2) is 53.7 Å². The zero-order chi connectivity index (χ0) is 16.8. The third-order valence-electron chi connectivity index (χ3n) is 4.18. The average Bonchev–Trinajstić information content (AvgIpc) is 2.92. The van der Waals surface area contributed by atoms with E-state index in [1.165, 1.54) is 16.7 Å². The summed E-state index contributed by atoms with van der Waals surface area (Å²) in [6, 6.07) is 14.8. The van der Waals surface area contributed by atoms with Gasteiger partial charge in [-0.1, -0.05) is 53.7 Å². The Hall–Kier alpha value is -1.66. The Bertz CT molecular complexity index is 768. The maximum absolute atomic E-state index is 5.07. The van der Waals surface area contributed by atoms with E-state index >= 15 is 0 Å². The molecule has 0 saturated heterocycles. The molecular weight excluding hydrogens is 413 g/mol. The number of hydrogen-bond donors (Lipinski definition) is 0. The molecule has 3 rings (SSSR count). The summed E-state index contributed by atoms with van der Waals surface area (Å²) in [6.45, 7) is 0.834. The monoisotopic (exact) mass is 433 g/mol. The van der Waals surface area contributed by atoms with Gasteiger partial charge in [0.15, 0.2) is 0 Å². The van der Waals surface area contributed by atoms with Crippen molar-refractivity contribution in [3.05, 3.63) is 65.2 Å². The highest BCUT2D eigenvalue weighted by Gasteiger charge is 2.25. The van der Waals surface area contributed by atoms with Crippen LogP contribution >= 0.6 is 23.0 Å². The number of benzene rings is 2. The van der Waals surface area contributed by atoms with Gasteiger partial charge in [0.2, 0.25) is 23.0 Å². The van der Waals surface area contributed by atoms with E-state index in [2.05, 4.69) is 53.7 Å². The standard InChI is InChI=1S/C20H20INO2/c1-23-13-7-3-2-4-8-15-11-12-17-16-9-5-6-10-18(16)20(22-24-21)19(17)14-15/h4-6,8-12,14H,2-3,7,13H2,1H3/b8-4+,22-20-. The van der Waals surface area contributed by atoms with E-state index in [4.69, 9.17) is 7.90 Å². The van der Waals surface area contributed by atoms with Crippen molar-refractivity contribution < 1.29 is 7.90 Å². The number of oxime groups is 1. The zero-order valence-electron chi connectivity index (χ0n) is 13.7. The molecule has 0 bridgehead atoms. The number of nitrogens with zero attached hydrogens (tertiary/aromatic N) is 1. The number of halogens is 1. The van der Waals surface area contributed by atoms with Crippen LogP contribution in [0.4, 0.5) is 0 Å². The Morgan fingerprint density at radius 3 is 2.58 bits per heavy atom. The normalized spacial score (nSPS) is 14.2. The number of methoxy groups -OCH3 is 1. The molecule has 0 amide bonds. The van der Waals surface area contributed by atoms with E-state index in [0.717, 1.165) is 42.7 Å². The fourth-order valence-electron chi connectivity index (χ4n) is 3.03. The van der Waals surface area contributed by atoms with Crippen LogP contribution in [0.25, 0.3) is 17.2 Å². The number of allylic oxidation sites excluding steroid dienone is 1. The molecule has 0 aromatic heterocycles. The number of unbranched alkanes of at least 4 members (excludes halogenated alkanes) is 2. The van der Waals surface area contributed by atoms with E-state index < -0.39 is 0 Å². The van der Waals surface area contributed by atoms with Crippen molar-refractivity contribution in [1.82, 2.24) is 0 Å². The highest BCUT2D eigenvalue weighted by atomic mass is 127. The van der Waals surface area contributed by atoms with Crippen molar-refractivity contribution in [2.24, 2.45) is 5.16 Å². The predicted molar refractivity (Wildman–Crippen MR) is 107 cm³/mol. The number of hydrogen-bond acceptors (Lipinski definition) is 3. The van der Waals surface area contributed by atoms with Gasteiger partial charge in [0.1, 0.15) is 5.71 Å². The fraction of sp³-hybridized carbons (Fsp3) is 0.250. The molecule has 4 heteroatoms. The molecule has 0 N–H and O–H groups in total. The molecule has 0 unspecified atom stereocenters. The summed E-state index contributed by atoms with van der Waals surface area (Å²) < 4.78 is 10.1. The van der Waals surface area contributed by atoms with Crippen molar-refractivity contribution in [2.75, 3.05) is 13.7 Å². The molecule has 0 fully saturated rings. The SMILES string of the molecule is COCCCC/C=C/c1ccc2c(c1)/C(=N\OI)c1ccccc1-2. The van der Waals surface area contributed by atoms with Crippen LogP contribution in [0.5, 0.6) is 0 Å². The van der Waals surface area contributed by atoms with Gasteiger partial charge in [-0.25, -0.2) is 0 Å². The molecule has 3 nitrogen and oxygen atoms in total. The Morgan fingerprint density at radius 1 is 1.00 bits per heavy atom. The number of rotatable bonds is 7. The summed E-state index contributed by atoms with van der Waals surface area (Å²) in [5.74, 6) is 0. The topological polar surface area (TPSA) is 30.8 Å². The van der Waals surface area contributed by atoms with Crippen LogP contribution in [0.1, 0.15) is 36.0 Å². The van der Waals surface area contributed by atoms with Crippen molar-refractivity contribution in [2.45, 2.75) is 19.3 Å². The van der Waals surface area contributed by atoms with Gasteiger partial charge < -0.3 is 7.90 Å². The van der Waals surface area contributed by atoms with Gasteiger partial charge >= 0.3 is 0 Å². The lowest BCUT2D eigenvalue weighted by molar-refractivity contribution is 0.193. The number of ether oxygens (including phenoxy) is 1. The lowest BCUT2D eigenvalue weighted by Crippen LogP contribution is -1.98. The van der Waals surface area contributed by atoms with Crippen molar-refractivity contribution >= 4 is 34.8 Å². The second-order valence-corrected chi connectivity index (χ2v) is 6.14. The third kappa shape index (κ3) is 3.70. The molecule has 0 radical (unpaired) electrons. The summed E-state index contributed by atoms with van der Waals surface area (Å²) in [4.78, 5) is 0. The van der Waals surface area contributed by atoms with E-state index in [-0.39, 0.29) is 0 Å². The summed E-state index contributed by atoms with van der Waals surface area (Å²) >= 11 is 1.81. The Kier molecular flexibility index (Phi) is 6.04. The molecule has 0 spiro atoms. The molecule has 2 aromatic carbocycles. The van der Waals surface area contributed by atoms with Gasteiger partial charge in [-0.15, -0.1) is 0 Å². The first kappa shape index (κ1) is 17.2. The Balaban J connectivity index is 1.81. The smallest absolute Gasteiger partial charge is 0.230 e. The van der Waals surface area contributed by atoms with Gasteiger partial charge in [-0.2, -0.15) is 0 Å². The summed E-state index contributed by atoms with van der Waals surface area (Å²) in [5, 5.41) is 4.24. The van der Waals surface area contributed by atoms with Crippen molar-refractivity contribution in [1.29, 1.82) is 0 Å². The van der Waals surface area contributed by atoms with Crippen molar-refractivity contribution in [3.8, 4) is 11.1 Å². The molecule has 0 atom stereocenters. The predicted octanol–water partition coefficient (Wildman–Crippen LogP) is 5.62. The maximum atomic E-state index is 5.07. The number of fused-ring (bicyclic) bond motifs is 3. The van der Waals surface area contributed by atoms with Crippen LogP contribution in [0, 0.1) is 0 Å². The van der Waals surface area contributed by atoms with E-state index in [1.54, 1.807) is 7.11 Å². The zero-order valence-corrected chi connectivity index (χ0v) is 15.8. The van der Waals surface area contributed by atoms with Crippen LogP contribution < -0.4 is 0 Å².